The van der Waals surface area contributed by atoms with E-state index in [1.54, 1.807) is 6.07 Å². The van der Waals surface area contributed by atoms with E-state index in [0.29, 0.717) is 46.5 Å². The first-order valence-corrected chi connectivity index (χ1v) is 12.3. The monoisotopic (exact) mass is 470 g/mol. The molecule has 7 nitrogen and oxygen atoms in total. The highest BCUT2D eigenvalue weighted by atomic mass is 16.5. The van der Waals surface area contributed by atoms with Gasteiger partial charge in [0.05, 0.1) is 16.7 Å². The molecule has 35 heavy (non-hydrogen) atoms. The van der Waals surface area contributed by atoms with Gasteiger partial charge in [0.15, 0.2) is 0 Å². The van der Waals surface area contributed by atoms with Crippen LogP contribution in [0, 0.1) is 23.2 Å². The number of amides is 2. The summed E-state index contributed by atoms with van der Waals surface area (Å²) in [5.74, 6) is 2.14. The molecule has 1 heterocycles. The Morgan fingerprint density at radius 1 is 1.17 bits per heavy atom. The summed E-state index contributed by atoms with van der Waals surface area (Å²) in [7, 11) is 3.40. The van der Waals surface area contributed by atoms with Gasteiger partial charge in [0.2, 0.25) is 5.91 Å². The van der Waals surface area contributed by atoms with Gasteiger partial charge in [-0.3, -0.25) is 9.59 Å². The zero-order valence-electron chi connectivity index (χ0n) is 20.1. The molecule has 7 heteroatoms. The summed E-state index contributed by atoms with van der Waals surface area (Å²) >= 11 is 0. The van der Waals surface area contributed by atoms with Gasteiger partial charge < -0.3 is 19.9 Å². The highest BCUT2D eigenvalue weighted by Crippen LogP contribution is 2.69. The number of ether oxygens (including phenoxy) is 1. The molecule has 0 radical (unpaired) electrons. The van der Waals surface area contributed by atoms with Crippen molar-refractivity contribution in [1.82, 2.24) is 14.9 Å². The van der Waals surface area contributed by atoms with Crippen LogP contribution in [0.4, 0.5) is 5.69 Å². The maximum Gasteiger partial charge on any atom is 0.251 e. The molecule has 180 valence electrons. The number of methoxy groups -OCH3 is 1. The van der Waals surface area contributed by atoms with Gasteiger partial charge in [0.1, 0.15) is 12.4 Å². The average Bonchev–Trinajstić information content (AvgIpc) is 3.41. The van der Waals surface area contributed by atoms with Crippen LogP contribution in [0.5, 0.6) is 0 Å². The number of allylic oxidation sites excluding steroid dienone is 2. The lowest BCUT2D eigenvalue weighted by Crippen LogP contribution is -2.31. The van der Waals surface area contributed by atoms with E-state index in [0.717, 1.165) is 16.9 Å². The van der Waals surface area contributed by atoms with Crippen molar-refractivity contribution in [3.63, 3.8) is 0 Å². The van der Waals surface area contributed by atoms with Crippen molar-refractivity contribution in [2.24, 2.45) is 30.2 Å². The van der Waals surface area contributed by atoms with E-state index in [-0.39, 0.29) is 18.4 Å². The normalized spacial score (nSPS) is 23.2. The number of nitrogens with zero attached hydrogens (tertiary/aromatic N) is 2. The van der Waals surface area contributed by atoms with Crippen molar-refractivity contribution in [1.29, 1.82) is 0 Å². The molecule has 3 aromatic rings. The summed E-state index contributed by atoms with van der Waals surface area (Å²) in [4.78, 5) is 30.5. The first-order valence-electron chi connectivity index (χ1n) is 12.3. The summed E-state index contributed by atoms with van der Waals surface area (Å²) < 4.78 is 6.94. The third-order valence-electron chi connectivity index (χ3n) is 8.18. The number of rotatable bonds is 7. The fourth-order valence-electron chi connectivity index (χ4n) is 6.42. The summed E-state index contributed by atoms with van der Waals surface area (Å²) in [6, 6.07) is 13.4. The van der Waals surface area contributed by atoms with Crippen LogP contribution in [0.2, 0.25) is 0 Å². The minimum absolute atomic E-state index is 0.0686. The van der Waals surface area contributed by atoms with Gasteiger partial charge in [-0.25, -0.2) is 4.98 Å². The Balaban J connectivity index is 1.30. The van der Waals surface area contributed by atoms with E-state index >= 15 is 0 Å². The Labute approximate surface area is 204 Å². The molecular weight excluding hydrogens is 440 g/mol. The van der Waals surface area contributed by atoms with Crippen LogP contribution in [0.15, 0.2) is 54.6 Å². The maximum absolute atomic E-state index is 13.3. The molecule has 3 aliphatic carbocycles. The number of carbonyl (C=O) groups is 2. The second-order valence-electron chi connectivity index (χ2n) is 10.2. The molecule has 2 N–H and O–H groups in total. The quantitative estimate of drug-likeness (QED) is 0.508. The van der Waals surface area contributed by atoms with Crippen LogP contribution < -0.4 is 10.6 Å². The molecule has 0 aliphatic heterocycles. The number of hydrogen-bond donors (Lipinski definition) is 2. The molecule has 6 rings (SSSR count). The number of hydrogen-bond acceptors (Lipinski definition) is 4. The minimum atomic E-state index is -0.280. The number of fused-ring (bicyclic) bond motifs is 1. The Kier molecular flexibility index (Phi) is 5.25. The number of imidazole rings is 1. The molecule has 2 fully saturated rings. The predicted octanol–water partition coefficient (Wildman–Crippen LogP) is 4.16. The second-order valence-corrected chi connectivity index (χ2v) is 10.2. The van der Waals surface area contributed by atoms with Crippen molar-refractivity contribution < 1.29 is 14.3 Å². The highest BCUT2D eigenvalue weighted by Gasteiger charge is 2.62. The van der Waals surface area contributed by atoms with E-state index in [1.807, 2.05) is 48.0 Å². The lowest BCUT2D eigenvalue weighted by atomic mass is 9.89. The molecule has 2 saturated carbocycles. The van der Waals surface area contributed by atoms with Crippen molar-refractivity contribution >= 4 is 28.5 Å². The van der Waals surface area contributed by atoms with Gasteiger partial charge in [-0.15, -0.1) is 0 Å². The molecule has 0 unspecified atom stereocenters. The van der Waals surface area contributed by atoms with Crippen molar-refractivity contribution in [2.75, 3.05) is 25.6 Å². The molecule has 2 amide bonds. The molecule has 3 atom stereocenters. The second kappa shape index (κ2) is 8.34. The molecule has 2 bridgehead atoms. The lowest BCUT2D eigenvalue weighted by molar-refractivity contribution is -0.119. The summed E-state index contributed by atoms with van der Waals surface area (Å²) in [5.41, 5.74) is 3.93. The number of carbonyl (C=O) groups excluding carboxylic acids is 2. The van der Waals surface area contributed by atoms with Crippen LogP contribution in [-0.2, 0) is 16.6 Å². The van der Waals surface area contributed by atoms with Crippen molar-refractivity contribution in [2.45, 2.75) is 19.3 Å². The molecular formula is C28H30N4O3. The van der Waals surface area contributed by atoms with Crippen LogP contribution in [-0.4, -0.2) is 41.6 Å². The number of aryl methyl sites for hydroxylation is 1. The highest BCUT2D eigenvalue weighted by molar-refractivity contribution is 6.06. The smallest absolute Gasteiger partial charge is 0.251 e. The predicted molar refractivity (Wildman–Crippen MR) is 135 cm³/mol. The Morgan fingerprint density at radius 3 is 2.69 bits per heavy atom. The molecule has 2 aromatic carbocycles. The first kappa shape index (κ1) is 22.0. The number of nitrogens with one attached hydrogen (secondary N) is 2. The zero-order chi connectivity index (χ0) is 24.2. The Bertz CT molecular complexity index is 1340. The number of anilines is 1. The molecule has 3 aliphatic rings. The molecule has 1 spiro atoms. The third-order valence-corrected chi connectivity index (χ3v) is 8.18. The minimum Gasteiger partial charge on any atom is -0.375 e. The number of benzene rings is 2. The van der Waals surface area contributed by atoms with Gasteiger partial charge in [0.25, 0.3) is 5.91 Å². The number of aromatic nitrogens is 2. The summed E-state index contributed by atoms with van der Waals surface area (Å²) in [6.45, 7) is 0.605. The van der Waals surface area contributed by atoms with Gasteiger partial charge >= 0.3 is 0 Å². The first-order chi connectivity index (χ1) is 17.0. The van der Waals surface area contributed by atoms with E-state index in [9.17, 15) is 9.59 Å². The fourth-order valence-corrected chi connectivity index (χ4v) is 6.42. The van der Waals surface area contributed by atoms with E-state index < -0.39 is 0 Å². The Hall–Kier alpha value is -3.45. The van der Waals surface area contributed by atoms with Gasteiger partial charge in [0, 0.05) is 31.8 Å². The van der Waals surface area contributed by atoms with E-state index in [2.05, 4.69) is 22.8 Å². The van der Waals surface area contributed by atoms with Crippen molar-refractivity contribution in [3.8, 4) is 11.4 Å². The zero-order valence-corrected chi connectivity index (χ0v) is 20.1. The van der Waals surface area contributed by atoms with Crippen LogP contribution in [0.1, 0.15) is 29.6 Å². The summed E-state index contributed by atoms with van der Waals surface area (Å²) in [6.07, 6.45) is 8.59. The average molecular weight is 471 g/mol. The van der Waals surface area contributed by atoms with E-state index in [1.165, 1.54) is 26.4 Å². The fraction of sp³-hybridized carbons (Fsp3) is 0.393. The lowest BCUT2D eigenvalue weighted by Gasteiger charge is -2.20. The Morgan fingerprint density at radius 2 is 1.97 bits per heavy atom. The van der Waals surface area contributed by atoms with Crippen LogP contribution in [0.25, 0.3) is 22.4 Å². The van der Waals surface area contributed by atoms with Gasteiger partial charge in [-0.2, -0.15) is 0 Å². The maximum atomic E-state index is 13.3. The van der Waals surface area contributed by atoms with Crippen molar-refractivity contribution in [3.05, 3.63) is 60.2 Å². The van der Waals surface area contributed by atoms with Crippen LogP contribution >= 0.6 is 0 Å². The SMILES string of the molecule is COCC(=O)Nc1cc(C(=O)NC[C@@H]2C[C@H]3C=C[C@H]2C32CC2)cc2nc(-c3ccccc3)n(C)c12. The topological polar surface area (TPSA) is 85.2 Å². The van der Waals surface area contributed by atoms with E-state index in [4.69, 9.17) is 9.72 Å². The van der Waals surface area contributed by atoms with Crippen LogP contribution in [0.3, 0.4) is 0 Å². The van der Waals surface area contributed by atoms with Gasteiger partial charge in [-0.05, 0) is 54.6 Å². The third kappa shape index (κ3) is 3.65. The van der Waals surface area contributed by atoms with Gasteiger partial charge in [-0.1, -0.05) is 42.5 Å². The molecule has 0 saturated heterocycles. The molecule has 1 aromatic heterocycles. The largest absolute Gasteiger partial charge is 0.375 e. The summed E-state index contributed by atoms with van der Waals surface area (Å²) in [5, 5.41) is 6.08. The standard InChI is InChI=1S/C28H30N4O3/c1-32-25-22(30-24(33)16-35-2)13-18(14-23(25)31-26(32)17-6-4-3-5-7-17)27(34)29-15-19-12-20-8-9-21(19)28(20)10-11-28/h3-9,13-14,19-21H,10-12,15-16H2,1-2H3,(H,29,34)(H,30,33)/t19-,20+,21+/m0/s1.